The second kappa shape index (κ2) is 9.21. The van der Waals surface area contributed by atoms with Crippen LogP contribution in [0, 0.1) is 12.7 Å². The van der Waals surface area contributed by atoms with E-state index in [1.165, 1.54) is 29.9 Å². The van der Waals surface area contributed by atoms with Crippen LogP contribution in [0.25, 0.3) is 11.4 Å². The Morgan fingerprint density at radius 1 is 1.42 bits per heavy atom. The molecule has 0 saturated heterocycles. The highest BCUT2D eigenvalue weighted by atomic mass is 19.1. The maximum atomic E-state index is 13.6. The van der Waals surface area contributed by atoms with Crippen LogP contribution in [-0.4, -0.2) is 47.4 Å². The van der Waals surface area contributed by atoms with Crippen molar-refractivity contribution in [2.75, 3.05) is 26.9 Å². The molecule has 0 aliphatic heterocycles. The third-order valence-electron chi connectivity index (χ3n) is 3.84. The number of benzene rings is 1. The third-order valence-corrected chi connectivity index (χ3v) is 3.84. The third kappa shape index (κ3) is 4.74. The molecule has 0 atom stereocenters. The topological polar surface area (TPSA) is 93.4 Å². The minimum atomic E-state index is -0.468. The Labute approximate surface area is 150 Å². The summed E-state index contributed by atoms with van der Waals surface area (Å²) < 4.78 is 19.7. The van der Waals surface area contributed by atoms with Crippen molar-refractivity contribution >= 4 is 5.91 Å². The molecule has 0 radical (unpaired) electrons. The average Bonchev–Trinajstić information content (AvgIpc) is 2.61. The molecule has 0 aliphatic carbocycles. The van der Waals surface area contributed by atoms with Crippen molar-refractivity contribution in [3.05, 3.63) is 51.7 Å². The van der Waals surface area contributed by atoms with Gasteiger partial charge in [-0.1, -0.05) is 12.1 Å². The van der Waals surface area contributed by atoms with E-state index in [4.69, 9.17) is 4.74 Å². The molecule has 2 rings (SSSR count). The first-order valence-electron chi connectivity index (χ1n) is 8.20. The molecule has 8 heteroatoms. The first-order valence-corrected chi connectivity index (χ1v) is 8.20. The Morgan fingerprint density at radius 2 is 2.19 bits per heavy atom. The van der Waals surface area contributed by atoms with Crippen LogP contribution in [0.5, 0.6) is 0 Å². The van der Waals surface area contributed by atoms with Crippen LogP contribution < -0.4 is 10.9 Å². The van der Waals surface area contributed by atoms with Gasteiger partial charge in [0.05, 0.1) is 6.61 Å². The lowest BCUT2D eigenvalue weighted by molar-refractivity contribution is -0.121. The van der Waals surface area contributed by atoms with E-state index in [1.807, 2.05) is 0 Å². The van der Waals surface area contributed by atoms with E-state index in [0.29, 0.717) is 30.0 Å². The number of aryl methyl sites for hydroxylation is 1. The molecule has 0 saturated carbocycles. The quantitative estimate of drug-likeness (QED) is 0.672. The SMILES string of the molecule is COCCNC(=O)Cn1c(-c2cccc(F)c2)nc(C)c(CCO)c1=O. The van der Waals surface area contributed by atoms with Gasteiger partial charge in [-0.05, 0) is 19.1 Å². The molecule has 0 bridgehead atoms. The lowest BCUT2D eigenvalue weighted by Gasteiger charge is -2.16. The Bertz CT molecular complexity index is 836. The maximum Gasteiger partial charge on any atom is 0.257 e. The van der Waals surface area contributed by atoms with Gasteiger partial charge in [-0.3, -0.25) is 14.2 Å². The number of carbonyl (C=O) groups is 1. The Balaban J connectivity index is 2.49. The number of aliphatic hydroxyl groups is 1. The van der Waals surface area contributed by atoms with E-state index >= 15 is 0 Å². The molecule has 0 fully saturated rings. The van der Waals surface area contributed by atoms with Crippen molar-refractivity contribution in [3.8, 4) is 11.4 Å². The fourth-order valence-electron chi connectivity index (χ4n) is 2.59. The summed E-state index contributed by atoms with van der Waals surface area (Å²) in [6.45, 7) is 1.83. The van der Waals surface area contributed by atoms with Crippen LogP contribution >= 0.6 is 0 Å². The molecule has 1 heterocycles. The Morgan fingerprint density at radius 3 is 2.85 bits per heavy atom. The number of nitrogens with zero attached hydrogens (tertiary/aromatic N) is 2. The standard InChI is InChI=1S/C18H22FN3O4/c1-12-15(6-8-23)18(25)22(11-16(24)20-7-9-26-2)17(21-12)13-4-3-5-14(19)10-13/h3-5,10,23H,6-9,11H2,1-2H3,(H,20,24). The number of aromatic nitrogens is 2. The predicted molar refractivity (Wildman–Crippen MR) is 94.3 cm³/mol. The van der Waals surface area contributed by atoms with Gasteiger partial charge in [0.2, 0.25) is 5.91 Å². The van der Waals surface area contributed by atoms with Crippen molar-refractivity contribution in [1.82, 2.24) is 14.9 Å². The number of methoxy groups -OCH3 is 1. The van der Waals surface area contributed by atoms with Gasteiger partial charge in [0.1, 0.15) is 18.2 Å². The smallest absolute Gasteiger partial charge is 0.257 e. The molecule has 2 aromatic rings. The van der Waals surface area contributed by atoms with Crippen molar-refractivity contribution < 1.29 is 19.0 Å². The summed E-state index contributed by atoms with van der Waals surface area (Å²) in [5, 5.41) is 11.8. The molecular weight excluding hydrogens is 341 g/mol. The first kappa shape index (κ1) is 19.7. The number of halogens is 1. The van der Waals surface area contributed by atoms with Crippen LogP contribution in [-0.2, 0) is 22.5 Å². The van der Waals surface area contributed by atoms with Gasteiger partial charge < -0.3 is 15.2 Å². The van der Waals surface area contributed by atoms with Crippen LogP contribution in [0.4, 0.5) is 4.39 Å². The van der Waals surface area contributed by atoms with E-state index < -0.39 is 11.4 Å². The highest BCUT2D eigenvalue weighted by Gasteiger charge is 2.17. The summed E-state index contributed by atoms with van der Waals surface area (Å²) in [5.41, 5.74) is 0.745. The lowest BCUT2D eigenvalue weighted by atomic mass is 10.1. The average molecular weight is 363 g/mol. The van der Waals surface area contributed by atoms with Gasteiger partial charge in [-0.2, -0.15) is 0 Å². The molecule has 0 spiro atoms. The zero-order chi connectivity index (χ0) is 19.1. The number of hydrogen-bond donors (Lipinski definition) is 2. The summed E-state index contributed by atoms with van der Waals surface area (Å²) in [6, 6.07) is 5.68. The molecular formula is C18H22FN3O4. The lowest BCUT2D eigenvalue weighted by Crippen LogP contribution is -2.36. The number of amides is 1. The van der Waals surface area contributed by atoms with Gasteiger partial charge in [-0.15, -0.1) is 0 Å². The fraction of sp³-hybridized carbons (Fsp3) is 0.389. The van der Waals surface area contributed by atoms with Crippen molar-refractivity contribution in [2.45, 2.75) is 19.9 Å². The van der Waals surface area contributed by atoms with Gasteiger partial charge in [0.25, 0.3) is 5.56 Å². The van der Waals surface area contributed by atoms with E-state index in [2.05, 4.69) is 10.3 Å². The normalized spacial score (nSPS) is 10.8. The molecule has 1 aromatic carbocycles. The van der Waals surface area contributed by atoms with Gasteiger partial charge in [0, 0.05) is 43.5 Å². The summed E-state index contributed by atoms with van der Waals surface area (Å²) >= 11 is 0. The second-order valence-electron chi connectivity index (χ2n) is 5.72. The zero-order valence-electron chi connectivity index (χ0n) is 14.8. The summed E-state index contributed by atoms with van der Waals surface area (Å²) in [7, 11) is 1.52. The number of rotatable bonds is 8. The summed E-state index contributed by atoms with van der Waals surface area (Å²) in [6.07, 6.45) is 0.131. The van der Waals surface area contributed by atoms with Crippen LogP contribution in [0.3, 0.4) is 0 Å². The molecule has 0 unspecified atom stereocenters. The summed E-state index contributed by atoms with van der Waals surface area (Å²) in [4.78, 5) is 29.4. The fourth-order valence-corrected chi connectivity index (χ4v) is 2.59. The number of aliphatic hydroxyl groups excluding tert-OH is 1. The first-order chi connectivity index (χ1) is 12.5. The van der Waals surface area contributed by atoms with Gasteiger partial charge in [-0.25, -0.2) is 9.37 Å². The zero-order valence-corrected chi connectivity index (χ0v) is 14.8. The number of nitrogens with one attached hydrogen (secondary N) is 1. The largest absolute Gasteiger partial charge is 0.396 e. The van der Waals surface area contributed by atoms with Crippen molar-refractivity contribution in [1.29, 1.82) is 0 Å². The Hall–Kier alpha value is -2.58. The second-order valence-corrected chi connectivity index (χ2v) is 5.72. The Kier molecular flexibility index (Phi) is 6.99. The monoisotopic (exact) mass is 363 g/mol. The minimum absolute atomic E-state index is 0.131. The predicted octanol–water partition coefficient (Wildman–Crippen LogP) is 0.655. The van der Waals surface area contributed by atoms with E-state index in [9.17, 15) is 19.1 Å². The number of carbonyl (C=O) groups excluding carboxylic acids is 1. The maximum absolute atomic E-state index is 13.6. The van der Waals surface area contributed by atoms with Crippen LogP contribution in [0.15, 0.2) is 29.1 Å². The van der Waals surface area contributed by atoms with Gasteiger partial charge >= 0.3 is 0 Å². The highest BCUT2D eigenvalue weighted by Crippen LogP contribution is 2.18. The van der Waals surface area contributed by atoms with Crippen molar-refractivity contribution in [2.24, 2.45) is 0 Å². The van der Waals surface area contributed by atoms with Crippen LogP contribution in [0.1, 0.15) is 11.3 Å². The molecule has 0 aliphatic rings. The number of hydrogen-bond acceptors (Lipinski definition) is 5. The molecule has 140 valence electrons. The molecule has 2 N–H and O–H groups in total. The molecule has 7 nitrogen and oxygen atoms in total. The molecule has 26 heavy (non-hydrogen) atoms. The van der Waals surface area contributed by atoms with Crippen LogP contribution in [0.2, 0.25) is 0 Å². The number of ether oxygens (including phenoxy) is 1. The van der Waals surface area contributed by atoms with E-state index in [-0.39, 0.29) is 31.3 Å². The van der Waals surface area contributed by atoms with Crippen molar-refractivity contribution in [3.63, 3.8) is 0 Å². The minimum Gasteiger partial charge on any atom is -0.396 e. The summed E-state index contributed by atoms with van der Waals surface area (Å²) in [5.74, 6) is -0.650. The van der Waals surface area contributed by atoms with E-state index in [0.717, 1.165) is 0 Å². The van der Waals surface area contributed by atoms with Gasteiger partial charge in [0.15, 0.2) is 0 Å². The van der Waals surface area contributed by atoms with E-state index in [1.54, 1.807) is 13.0 Å². The molecule has 1 aromatic heterocycles. The molecule has 1 amide bonds. The highest BCUT2D eigenvalue weighted by molar-refractivity contribution is 5.76.